The van der Waals surface area contributed by atoms with Gasteiger partial charge in [-0.2, -0.15) is 0 Å². The van der Waals surface area contributed by atoms with Crippen LogP contribution in [0, 0.1) is 0 Å². The van der Waals surface area contributed by atoms with Crippen molar-refractivity contribution < 1.29 is 13.2 Å². The molecule has 1 amide bonds. The van der Waals surface area contributed by atoms with Crippen LogP contribution in [0.3, 0.4) is 0 Å². The fraction of sp³-hybridized carbons (Fsp3) is 0.368. The molecule has 0 aliphatic heterocycles. The Morgan fingerprint density at radius 3 is 2.23 bits per heavy atom. The third kappa shape index (κ3) is 4.16. The fourth-order valence-corrected chi connectivity index (χ4v) is 4.38. The zero-order valence-corrected chi connectivity index (χ0v) is 18.6. The van der Waals surface area contributed by atoms with E-state index in [1.165, 1.54) is 53.8 Å². The van der Waals surface area contributed by atoms with E-state index in [1.807, 2.05) is 0 Å². The van der Waals surface area contributed by atoms with Gasteiger partial charge >= 0.3 is 5.69 Å². The maximum atomic E-state index is 12.8. The van der Waals surface area contributed by atoms with E-state index in [0.29, 0.717) is 5.69 Å². The Morgan fingerprint density at radius 1 is 1.03 bits per heavy atom. The maximum Gasteiger partial charge on any atom is 0.332 e. The van der Waals surface area contributed by atoms with E-state index in [2.05, 4.69) is 15.0 Å². The first-order chi connectivity index (χ1) is 14.4. The second-order valence-corrected chi connectivity index (χ2v) is 9.21. The summed E-state index contributed by atoms with van der Waals surface area (Å²) in [4.78, 5) is 41.6. The molecule has 0 fully saturated rings. The molecule has 3 rings (SSSR count). The fourth-order valence-electron chi connectivity index (χ4n) is 3.13. The molecule has 0 saturated carbocycles. The van der Waals surface area contributed by atoms with Crippen molar-refractivity contribution in [1.29, 1.82) is 0 Å². The van der Waals surface area contributed by atoms with Gasteiger partial charge in [0.2, 0.25) is 15.9 Å². The van der Waals surface area contributed by atoms with Crippen molar-refractivity contribution in [3.8, 4) is 0 Å². The number of aryl methyl sites for hydroxylation is 1. The Morgan fingerprint density at radius 2 is 1.65 bits per heavy atom. The Bertz CT molecular complexity index is 1370. The summed E-state index contributed by atoms with van der Waals surface area (Å²) in [7, 11) is -0.784. The van der Waals surface area contributed by atoms with E-state index < -0.39 is 33.2 Å². The van der Waals surface area contributed by atoms with Crippen LogP contribution < -0.4 is 21.3 Å². The first kappa shape index (κ1) is 22.4. The maximum absolute atomic E-state index is 12.8. The molecule has 1 atom stereocenters. The molecule has 2 heterocycles. The van der Waals surface area contributed by atoms with Crippen LogP contribution >= 0.6 is 0 Å². The highest BCUT2D eigenvalue weighted by Gasteiger charge is 2.22. The van der Waals surface area contributed by atoms with Crippen molar-refractivity contribution in [3.63, 3.8) is 0 Å². The number of fused-ring (bicyclic) bond motifs is 1. The molecule has 166 valence electrons. The summed E-state index contributed by atoms with van der Waals surface area (Å²) in [6.45, 7) is 5.03. The second kappa shape index (κ2) is 8.12. The Balaban J connectivity index is 1.87. The predicted octanol–water partition coefficient (Wildman–Crippen LogP) is 0.320. The lowest BCUT2D eigenvalue weighted by Gasteiger charge is -2.15. The zero-order valence-electron chi connectivity index (χ0n) is 17.8. The average Bonchev–Trinajstić information content (AvgIpc) is 3.14. The number of hydrogen-bond donors (Lipinski definition) is 2. The molecule has 31 heavy (non-hydrogen) atoms. The molecular weight excluding hydrogens is 424 g/mol. The highest BCUT2D eigenvalue weighted by molar-refractivity contribution is 7.89. The van der Waals surface area contributed by atoms with Crippen molar-refractivity contribution in [3.05, 3.63) is 51.4 Å². The van der Waals surface area contributed by atoms with Crippen LogP contribution in [-0.2, 0) is 28.9 Å². The monoisotopic (exact) mass is 448 g/mol. The summed E-state index contributed by atoms with van der Waals surface area (Å²) in [5.41, 5.74) is -0.359. The van der Waals surface area contributed by atoms with Gasteiger partial charge in [-0.3, -0.25) is 18.7 Å². The number of nitrogens with zero attached hydrogens (tertiary/aromatic N) is 4. The van der Waals surface area contributed by atoms with Gasteiger partial charge in [-0.1, -0.05) is 0 Å². The number of nitrogens with one attached hydrogen (secondary N) is 2. The quantitative estimate of drug-likeness (QED) is 0.557. The van der Waals surface area contributed by atoms with Gasteiger partial charge in [-0.05, 0) is 45.0 Å². The normalized spacial score (nSPS) is 13.0. The van der Waals surface area contributed by atoms with Crippen LogP contribution in [0.2, 0.25) is 0 Å². The number of aromatic nitrogens is 4. The van der Waals surface area contributed by atoms with E-state index in [-0.39, 0.29) is 22.1 Å². The van der Waals surface area contributed by atoms with E-state index in [0.717, 1.165) is 4.57 Å². The van der Waals surface area contributed by atoms with E-state index in [4.69, 9.17) is 0 Å². The molecule has 0 saturated heterocycles. The van der Waals surface area contributed by atoms with Crippen LogP contribution in [0.15, 0.2) is 45.1 Å². The molecule has 11 nitrogen and oxygen atoms in total. The number of rotatable bonds is 6. The summed E-state index contributed by atoms with van der Waals surface area (Å²) in [5, 5.41) is 2.69. The number of anilines is 1. The van der Waals surface area contributed by atoms with Gasteiger partial charge in [0.05, 0.1) is 11.2 Å². The molecule has 0 bridgehead atoms. The Kier molecular flexibility index (Phi) is 5.87. The van der Waals surface area contributed by atoms with Crippen LogP contribution in [0.5, 0.6) is 0 Å². The largest absolute Gasteiger partial charge is 0.332 e. The number of carbonyl (C=O) groups is 1. The van der Waals surface area contributed by atoms with Gasteiger partial charge in [0, 0.05) is 25.8 Å². The van der Waals surface area contributed by atoms with Crippen LogP contribution in [-0.4, -0.2) is 39.1 Å². The van der Waals surface area contributed by atoms with E-state index >= 15 is 0 Å². The van der Waals surface area contributed by atoms with Gasteiger partial charge in [0.1, 0.15) is 6.04 Å². The number of imidazole rings is 1. The van der Waals surface area contributed by atoms with Gasteiger partial charge in [-0.25, -0.2) is 22.9 Å². The van der Waals surface area contributed by atoms with Crippen molar-refractivity contribution >= 4 is 32.8 Å². The minimum absolute atomic E-state index is 0.0808. The topological polar surface area (TPSA) is 137 Å². The second-order valence-electron chi connectivity index (χ2n) is 7.50. The predicted molar refractivity (Wildman–Crippen MR) is 115 cm³/mol. The number of benzene rings is 1. The van der Waals surface area contributed by atoms with Gasteiger partial charge < -0.3 is 9.88 Å². The van der Waals surface area contributed by atoms with Crippen LogP contribution in [0.1, 0.15) is 26.8 Å². The zero-order chi connectivity index (χ0) is 23.1. The molecule has 12 heteroatoms. The first-order valence-corrected chi connectivity index (χ1v) is 11.0. The van der Waals surface area contributed by atoms with Gasteiger partial charge in [0.15, 0.2) is 11.2 Å². The number of amides is 1. The molecule has 2 N–H and O–H groups in total. The van der Waals surface area contributed by atoms with Gasteiger partial charge in [0.25, 0.3) is 5.56 Å². The minimum Gasteiger partial charge on any atom is -0.324 e. The molecular formula is C19H24N6O5S. The molecule has 0 spiro atoms. The number of carbonyl (C=O) groups excluding carboxylic acids is 1. The lowest BCUT2D eigenvalue weighted by Crippen LogP contribution is -2.38. The van der Waals surface area contributed by atoms with Crippen molar-refractivity contribution in [2.45, 2.75) is 37.8 Å². The third-order valence-electron chi connectivity index (χ3n) is 4.79. The summed E-state index contributed by atoms with van der Waals surface area (Å²) in [5.74, 6) is -0.439. The highest BCUT2D eigenvalue weighted by Crippen LogP contribution is 2.18. The Labute approximate surface area is 178 Å². The molecule has 3 aromatic rings. The summed E-state index contributed by atoms with van der Waals surface area (Å²) in [6.07, 6.45) is 1.34. The molecule has 1 unspecified atom stereocenters. The number of hydrogen-bond acceptors (Lipinski definition) is 6. The SMILES string of the molecule is CC(C)NS(=O)(=O)c1ccc(NC(=O)C(C)n2cnc3c2c(=O)n(C)c(=O)n3C)cc1. The van der Waals surface area contributed by atoms with Crippen LogP contribution in [0.25, 0.3) is 11.2 Å². The van der Waals surface area contributed by atoms with Crippen molar-refractivity contribution in [2.24, 2.45) is 14.1 Å². The molecule has 2 aromatic heterocycles. The summed E-state index contributed by atoms with van der Waals surface area (Å²) < 4.78 is 30.5. The molecule has 0 aliphatic carbocycles. The van der Waals surface area contributed by atoms with E-state index in [9.17, 15) is 22.8 Å². The van der Waals surface area contributed by atoms with Crippen molar-refractivity contribution in [1.82, 2.24) is 23.4 Å². The average molecular weight is 449 g/mol. The summed E-state index contributed by atoms with van der Waals surface area (Å²) in [6, 6.07) is 4.68. The van der Waals surface area contributed by atoms with Crippen molar-refractivity contribution in [2.75, 3.05) is 5.32 Å². The highest BCUT2D eigenvalue weighted by atomic mass is 32.2. The van der Waals surface area contributed by atoms with Gasteiger partial charge in [-0.15, -0.1) is 0 Å². The number of sulfonamides is 1. The standard InChI is InChI=1S/C19H24N6O5S/c1-11(2)22-31(29,30)14-8-6-13(7-9-14)21-17(26)12(3)25-10-20-16-15(25)18(27)24(5)19(28)23(16)4/h6-12,22H,1-5H3,(H,21,26). The first-order valence-electron chi connectivity index (χ1n) is 9.50. The Hall–Kier alpha value is -3.25. The lowest BCUT2D eigenvalue weighted by atomic mass is 10.2. The smallest absolute Gasteiger partial charge is 0.324 e. The lowest BCUT2D eigenvalue weighted by molar-refractivity contribution is -0.118. The molecule has 0 aliphatic rings. The van der Waals surface area contributed by atoms with E-state index in [1.54, 1.807) is 20.8 Å². The third-order valence-corrected chi connectivity index (χ3v) is 6.47. The minimum atomic E-state index is -3.64. The molecule has 1 aromatic carbocycles. The van der Waals surface area contributed by atoms with Crippen LogP contribution in [0.4, 0.5) is 5.69 Å². The summed E-state index contributed by atoms with van der Waals surface area (Å²) >= 11 is 0. The molecule has 0 radical (unpaired) electrons.